The topological polar surface area (TPSA) is 76.7 Å². The minimum Gasteiger partial charge on any atom is -0.494 e. The quantitative estimate of drug-likeness (QED) is 0.0934. The van der Waals surface area contributed by atoms with E-state index in [9.17, 15) is 9.59 Å². The molecule has 0 saturated carbocycles. The number of carbonyl (C=O) groups excluding carboxylic acids is 2. The molecule has 2 amide bonds. The van der Waals surface area contributed by atoms with Gasteiger partial charge < -0.3 is 20.1 Å². The van der Waals surface area contributed by atoms with Gasteiger partial charge in [0.2, 0.25) is 11.8 Å². The van der Waals surface area contributed by atoms with E-state index in [4.69, 9.17) is 9.47 Å². The second-order valence-corrected chi connectivity index (χ2v) is 13.3. The summed E-state index contributed by atoms with van der Waals surface area (Å²) in [6, 6.07) is 42.4. The SMILES string of the molecule is CC(=O)NCCc1cc(-c2ccccc2)cc2ccc(OCCCCCCOc3ccc4cc(-c5ccccc5)cc(CCNC(C)=O)c4c3)cc12. The van der Waals surface area contributed by atoms with Gasteiger partial charge in [-0.05, 0) is 130 Å². The molecule has 0 radical (unpaired) electrons. The molecule has 0 fully saturated rings. The maximum absolute atomic E-state index is 11.5. The van der Waals surface area contributed by atoms with Crippen LogP contribution in [0, 0.1) is 0 Å². The Morgan fingerprint density at radius 1 is 0.481 bits per heavy atom. The van der Waals surface area contributed by atoms with E-state index in [1.54, 1.807) is 13.8 Å². The number of unbranched alkanes of at least 4 members (excludes halogenated alkanes) is 3. The molecule has 0 bridgehead atoms. The van der Waals surface area contributed by atoms with Gasteiger partial charge in [-0.15, -0.1) is 0 Å². The summed E-state index contributed by atoms with van der Waals surface area (Å²) in [5.74, 6) is 1.70. The Labute approximate surface area is 307 Å². The Kier molecular flexibility index (Phi) is 12.6. The molecule has 2 N–H and O–H groups in total. The summed E-state index contributed by atoms with van der Waals surface area (Å²) in [5.41, 5.74) is 7.08. The average Bonchev–Trinajstić information content (AvgIpc) is 3.16. The number of fused-ring (bicyclic) bond motifs is 2. The van der Waals surface area contributed by atoms with Gasteiger partial charge in [0.1, 0.15) is 11.5 Å². The summed E-state index contributed by atoms with van der Waals surface area (Å²) in [6.07, 6.45) is 5.56. The van der Waals surface area contributed by atoms with Crippen LogP contribution in [0.1, 0.15) is 50.7 Å². The number of rotatable bonds is 17. The van der Waals surface area contributed by atoms with Crippen molar-refractivity contribution in [2.45, 2.75) is 52.4 Å². The van der Waals surface area contributed by atoms with Crippen LogP contribution in [0.15, 0.2) is 121 Å². The molecule has 0 saturated heterocycles. The van der Waals surface area contributed by atoms with Gasteiger partial charge in [-0.1, -0.05) is 84.9 Å². The van der Waals surface area contributed by atoms with E-state index in [-0.39, 0.29) is 11.8 Å². The molecule has 0 aliphatic rings. The molecule has 6 aromatic carbocycles. The fourth-order valence-electron chi connectivity index (χ4n) is 6.70. The fraction of sp³-hybridized carbons (Fsp3) is 0.261. The highest BCUT2D eigenvalue weighted by Gasteiger charge is 2.10. The average molecular weight is 693 g/mol. The third-order valence-corrected chi connectivity index (χ3v) is 9.35. The van der Waals surface area contributed by atoms with Crippen LogP contribution in [-0.2, 0) is 22.4 Å². The van der Waals surface area contributed by atoms with Gasteiger partial charge in [-0.2, -0.15) is 0 Å². The maximum Gasteiger partial charge on any atom is 0.216 e. The summed E-state index contributed by atoms with van der Waals surface area (Å²) in [6.45, 7) is 5.61. The lowest BCUT2D eigenvalue weighted by Crippen LogP contribution is -2.22. The largest absolute Gasteiger partial charge is 0.494 e. The molecule has 0 aliphatic carbocycles. The number of hydrogen-bond donors (Lipinski definition) is 2. The molecule has 0 aromatic heterocycles. The molecule has 0 aliphatic heterocycles. The van der Waals surface area contributed by atoms with E-state index in [1.165, 1.54) is 33.4 Å². The number of carbonyl (C=O) groups is 2. The Morgan fingerprint density at radius 3 is 1.31 bits per heavy atom. The van der Waals surface area contributed by atoms with Gasteiger partial charge in [-0.25, -0.2) is 0 Å². The van der Waals surface area contributed by atoms with Crippen molar-refractivity contribution in [1.82, 2.24) is 10.6 Å². The maximum atomic E-state index is 11.5. The van der Waals surface area contributed by atoms with Crippen molar-refractivity contribution in [3.8, 4) is 33.8 Å². The van der Waals surface area contributed by atoms with Crippen molar-refractivity contribution in [3.05, 3.63) is 132 Å². The first-order valence-corrected chi connectivity index (χ1v) is 18.4. The summed E-state index contributed by atoms with van der Waals surface area (Å²) in [4.78, 5) is 23.1. The van der Waals surface area contributed by atoms with Crippen LogP contribution in [0.25, 0.3) is 43.8 Å². The van der Waals surface area contributed by atoms with Crippen LogP contribution in [0.3, 0.4) is 0 Å². The van der Waals surface area contributed by atoms with Crippen molar-refractivity contribution >= 4 is 33.4 Å². The molecule has 0 spiro atoms. The normalized spacial score (nSPS) is 11.0. The zero-order valence-electron chi connectivity index (χ0n) is 30.3. The molecule has 6 heteroatoms. The molecule has 0 unspecified atom stereocenters. The molecule has 0 heterocycles. The second-order valence-electron chi connectivity index (χ2n) is 13.3. The number of hydrogen-bond acceptors (Lipinski definition) is 4. The Bertz CT molecular complexity index is 1960. The third-order valence-electron chi connectivity index (χ3n) is 9.35. The molecule has 266 valence electrons. The third kappa shape index (κ3) is 10.0. The van der Waals surface area contributed by atoms with E-state index in [2.05, 4.69) is 120 Å². The summed E-state index contributed by atoms with van der Waals surface area (Å²) >= 11 is 0. The van der Waals surface area contributed by atoms with E-state index < -0.39 is 0 Å². The lowest BCUT2D eigenvalue weighted by molar-refractivity contribution is -0.119. The zero-order valence-corrected chi connectivity index (χ0v) is 30.3. The molecule has 6 nitrogen and oxygen atoms in total. The van der Waals surface area contributed by atoms with Crippen molar-refractivity contribution in [2.75, 3.05) is 26.3 Å². The lowest BCUT2D eigenvalue weighted by atomic mass is 9.95. The number of benzene rings is 6. The number of nitrogens with one attached hydrogen (secondary N) is 2. The van der Waals surface area contributed by atoms with Gasteiger partial charge >= 0.3 is 0 Å². The smallest absolute Gasteiger partial charge is 0.216 e. The van der Waals surface area contributed by atoms with Crippen LogP contribution >= 0.6 is 0 Å². The van der Waals surface area contributed by atoms with Crippen molar-refractivity contribution in [2.24, 2.45) is 0 Å². The van der Waals surface area contributed by atoms with Crippen LogP contribution < -0.4 is 20.1 Å². The minimum atomic E-state index is -0.0178. The van der Waals surface area contributed by atoms with Crippen molar-refractivity contribution < 1.29 is 19.1 Å². The van der Waals surface area contributed by atoms with Gasteiger partial charge in [0.25, 0.3) is 0 Å². The highest BCUT2D eigenvalue weighted by Crippen LogP contribution is 2.32. The Hall–Kier alpha value is -5.62. The fourth-order valence-corrected chi connectivity index (χ4v) is 6.70. The highest BCUT2D eigenvalue weighted by molar-refractivity contribution is 5.92. The zero-order chi connectivity index (χ0) is 36.1. The van der Waals surface area contributed by atoms with Crippen molar-refractivity contribution in [3.63, 3.8) is 0 Å². The minimum absolute atomic E-state index is 0.0178. The monoisotopic (exact) mass is 692 g/mol. The van der Waals surface area contributed by atoms with Crippen LogP contribution in [0.2, 0.25) is 0 Å². The molecular weight excluding hydrogens is 645 g/mol. The lowest BCUT2D eigenvalue weighted by Gasteiger charge is -2.14. The van der Waals surface area contributed by atoms with E-state index >= 15 is 0 Å². The predicted octanol–water partition coefficient (Wildman–Crippen LogP) is 9.70. The van der Waals surface area contributed by atoms with E-state index in [0.29, 0.717) is 26.3 Å². The number of amides is 2. The molecular formula is C46H48N2O4. The van der Waals surface area contributed by atoms with Crippen LogP contribution in [0.4, 0.5) is 0 Å². The van der Waals surface area contributed by atoms with Gasteiger partial charge in [0.15, 0.2) is 0 Å². The van der Waals surface area contributed by atoms with E-state index in [1.807, 2.05) is 12.1 Å². The molecule has 6 rings (SSSR count). The Balaban J connectivity index is 1.00. The van der Waals surface area contributed by atoms with Gasteiger partial charge in [-0.3, -0.25) is 9.59 Å². The number of ether oxygens (including phenoxy) is 2. The first-order valence-electron chi connectivity index (χ1n) is 18.4. The second kappa shape index (κ2) is 18.0. The van der Waals surface area contributed by atoms with Gasteiger partial charge in [0, 0.05) is 26.9 Å². The molecule has 6 aromatic rings. The Morgan fingerprint density at radius 2 is 0.904 bits per heavy atom. The van der Waals surface area contributed by atoms with Gasteiger partial charge in [0.05, 0.1) is 13.2 Å². The summed E-state index contributed by atoms with van der Waals surface area (Å²) in [7, 11) is 0. The highest BCUT2D eigenvalue weighted by atomic mass is 16.5. The van der Waals surface area contributed by atoms with E-state index in [0.717, 1.165) is 71.6 Å². The molecule has 52 heavy (non-hydrogen) atoms. The van der Waals surface area contributed by atoms with Crippen LogP contribution in [0.5, 0.6) is 11.5 Å². The first kappa shape index (κ1) is 36.2. The predicted molar refractivity (Wildman–Crippen MR) is 213 cm³/mol. The van der Waals surface area contributed by atoms with Crippen molar-refractivity contribution in [1.29, 1.82) is 0 Å². The first-order chi connectivity index (χ1) is 25.4. The summed E-state index contributed by atoms with van der Waals surface area (Å²) < 4.78 is 12.4. The van der Waals surface area contributed by atoms with Crippen LogP contribution in [-0.4, -0.2) is 38.1 Å². The summed E-state index contributed by atoms with van der Waals surface area (Å²) in [5, 5.41) is 10.5. The molecule has 0 atom stereocenters. The standard InChI is InChI=1S/C46H48N2O4/c1-33(49)47-23-21-39-29-41(35-13-7-5-8-14-35)27-37-17-19-43(31-45(37)39)51-25-11-3-4-12-26-52-44-20-18-38-28-42(36-15-9-6-10-16-36)30-40(46(38)32-44)22-24-48-34(2)50/h5-10,13-20,27-32H,3-4,11-12,21-26H2,1-2H3,(H,47,49)(H,48,50).